The molecule has 3 unspecified atom stereocenters. The van der Waals surface area contributed by atoms with Gasteiger partial charge in [-0.1, -0.05) is 0 Å². The fourth-order valence-electron chi connectivity index (χ4n) is 2.94. The molecule has 0 heterocycles. The lowest BCUT2D eigenvalue weighted by atomic mass is 9.85. The van der Waals surface area contributed by atoms with Crippen molar-refractivity contribution in [2.45, 2.75) is 36.6 Å². The summed E-state index contributed by atoms with van der Waals surface area (Å²) in [5.74, 6) is 0. The van der Waals surface area contributed by atoms with Gasteiger partial charge in [0.1, 0.15) is 36.6 Å². The van der Waals surface area contributed by atoms with Crippen molar-refractivity contribution < 1.29 is 127 Å². The molecule has 0 radical (unpaired) electrons. The average molecular weight is 740 g/mol. The van der Waals surface area contributed by atoms with Crippen molar-refractivity contribution in [1.82, 2.24) is 0 Å². The maximum atomic E-state index is 12.2. The van der Waals surface area contributed by atoms with Crippen LogP contribution in [0.2, 0.25) is 0 Å². The van der Waals surface area contributed by atoms with Crippen molar-refractivity contribution in [3.63, 3.8) is 0 Å². The average Bonchev–Trinajstić information content (AvgIpc) is 2.57. The van der Waals surface area contributed by atoms with Crippen molar-refractivity contribution in [1.29, 1.82) is 0 Å². The molecule has 240 valence electrons. The maximum Gasteiger partial charge on any atom is 0.481 e. The Morgan fingerprint density at radius 3 is 0.625 bits per heavy atom. The molecule has 7 atom stereocenters. The maximum absolute atomic E-state index is 12.2. The second-order valence-electron chi connectivity index (χ2n) is 6.91. The molecule has 0 amide bonds. The lowest BCUT2D eigenvalue weighted by Crippen LogP contribution is -2.66. The Morgan fingerprint density at radius 1 is 0.300 bits per heavy atom. The van der Waals surface area contributed by atoms with E-state index in [-0.39, 0.29) is 0 Å². The minimum absolute atomic E-state index is 3.27. The van der Waals surface area contributed by atoms with E-state index in [2.05, 4.69) is 31.5 Å². The van der Waals surface area contributed by atoms with Gasteiger partial charge in [-0.2, -0.15) is 4.31 Å². The smallest absolute Gasteiger partial charge is 0.303 e. The number of phosphoric acid groups is 7. The number of hydrogen-bond acceptors (Lipinski definition) is 14. The van der Waals surface area contributed by atoms with Gasteiger partial charge in [-0.15, -0.1) is 0 Å². The van der Waals surface area contributed by atoms with E-state index in [0.29, 0.717) is 0 Å². The van der Waals surface area contributed by atoms with Gasteiger partial charge in [-0.05, 0) is 0 Å². The predicted octanol–water partition coefficient (Wildman–Crippen LogP) is -3.02. The van der Waals surface area contributed by atoms with E-state index in [0.717, 1.165) is 0 Å². The van der Waals surface area contributed by atoms with Crippen LogP contribution in [0.3, 0.4) is 0 Å². The van der Waals surface area contributed by atoms with E-state index in [9.17, 15) is 85.8 Å². The fraction of sp³-hybridized carbons (Fsp3) is 1.00. The Kier molecular flexibility index (Phi) is 12.7. The standard InChI is InChI=1S/C6H19O27P7/c7-34(8,9)27-1-2(28-35(10,11)12)4(30-37(16,17)18)6(32-40(25,26)33-39(22,23)24)5(31-38(19,20)21)3(1)29-36(13,14)15/h1-6H,(H,25,26)(H2,7,8,9)(H2,10,11,12)(H2,13,14,15)(H2,16,17,18)(H2,19,20,21)(H2,22,23,24)/t1?,2-,3-,4-,5+,6?/m1/s1. The molecule has 0 bridgehead atoms. The zero-order valence-corrected chi connectivity index (χ0v) is 24.4. The largest absolute Gasteiger partial charge is 0.481 e. The number of hydrogen-bond donors (Lipinski definition) is 13. The Hall–Kier alpha value is 0.810. The Bertz CT molecular complexity index is 1160. The zero-order chi connectivity index (χ0) is 31.9. The Labute approximate surface area is 219 Å². The lowest BCUT2D eigenvalue weighted by Gasteiger charge is -2.48. The molecular weight excluding hydrogens is 721 g/mol. The van der Waals surface area contributed by atoms with Crippen LogP contribution in [0.25, 0.3) is 0 Å². The van der Waals surface area contributed by atoms with Crippen LogP contribution in [-0.4, -0.2) is 100 Å². The minimum atomic E-state index is -6.43. The SMILES string of the molecule is O=P(O)(O)OC1[C@@H](OP(=O)(O)O)[C@H](OP(=O)(O)O)C(OP(=O)(O)OP(=O)(O)O)[C@H](OP(=O)(O)O)[C@@H]1OP(=O)(O)O. The molecule has 0 aromatic carbocycles. The van der Waals surface area contributed by atoms with Crippen molar-refractivity contribution in [2.75, 3.05) is 0 Å². The third kappa shape index (κ3) is 15.0. The topological polar surface area (TPSA) is 447 Å². The van der Waals surface area contributed by atoms with Crippen LogP contribution in [-0.2, 0) is 63.4 Å². The molecule has 1 rings (SSSR count). The first-order chi connectivity index (χ1) is 17.3. The van der Waals surface area contributed by atoms with Gasteiger partial charge in [0.15, 0.2) is 0 Å². The Morgan fingerprint density at radius 2 is 0.475 bits per heavy atom. The van der Waals surface area contributed by atoms with Crippen molar-refractivity contribution >= 4 is 54.8 Å². The van der Waals surface area contributed by atoms with E-state index >= 15 is 0 Å². The molecule has 1 aliphatic carbocycles. The van der Waals surface area contributed by atoms with Gasteiger partial charge >= 0.3 is 54.8 Å². The second-order valence-corrected chi connectivity index (χ2v) is 15.7. The molecule has 40 heavy (non-hydrogen) atoms. The highest BCUT2D eigenvalue weighted by Gasteiger charge is 2.63. The minimum Gasteiger partial charge on any atom is -0.303 e. The van der Waals surface area contributed by atoms with Gasteiger partial charge in [0, 0.05) is 0 Å². The molecule has 0 aromatic rings. The van der Waals surface area contributed by atoms with Gasteiger partial charge in [0.05, 0.1) is 0 Å². The number of rotatable bonds is 14. The normalized spacial score (nSPS) is 29.2. The van der Waals surface area contributed by atoms with Gasteiger partial charge in [0.25, 0.3) is 0 Å². The quantitative estimate of drug-likeness (QED) is 0.0788. The van der Waals surface area contributed by atoms with E-state index in [4.69, 9.17) is 9.79 Å². The zero-order valence-electron chi connectivity index (χ0n) is 18.1. The van der Waals surface area contributed by atoms with Crippen LogP contribution >= 0.6 is 54.8 Å². The molecule has 1 saturated carbocycles. The van der Waals surface area contributed by atoms with Crippen LogP contribution in [0.4, 0.5) is 0 Å². The molecule has 34 heteroatoms. The van der Waals surface area contributed by atoms with Crippen LogP contribution in [0.1, 0.15) is 0 Å². The first-order valence-corrected chi connectivity index (χ1v) is 19.4. The van der Waals surface area contributed by atoms with Crippen LogP contribution < -0.4 is 0 Å². The van der Waals surface area contributed by atoms with Gasteiger partial charge < -0.3 is 63.6 Å². The highest BCUT2D eigenvalue weighted by molar-refractivity contribution is 7.60. The van der Waals surface area contributed by atoms with Gasteiger partial charge in [0.2, 0.25) is 0 Å². The highest BCUT2D eigenvalue weighted by atomic mass is 31.3. The first-order valence-electron chi connectivity index (χ1n) is 8.75. The van der Waals surface area contributed by atoms with E-state index in [1.54, 1.807) is 0 Å². The molecule has 1 aliphatic rings. The monoisotopic (exact) mass is 740 g/mol. The highest BCUT2D eigenvalue weighted by Crippen LogP contribution is 2.62. The number of phosphoric ester groups is 6. The first kappa shape index (κ1) is 38.8. The van der Waals surface area contributed by atoms with Gasteiger partial charge in [-0.25, -0.2) is 32.0 Å². The summed E-state index contributed by atoms with van der Waals surface area (Å²) in [5, 5.41) is 0. The molecule has 1 fully saturated rings. The third-order valence-corrected chi connectivity index (χ3v) is 8.48. The fourth-order valence-corrected chi connectivity index (χ4v) is 7.50. The summed E-state index contributed by atoms with van der Waals surface area (Å²) in [6.07, 6.45) is -19.9. The van der Waals surface area contributed by atoms with Crippen LogP contribution in [0.15, 0.2) is 0 Å². The molecule has 0 aliphatic heterocycles. The van der Waals surface area contributed by atoms with E-state index in [1.165, 1.54) is 0 Å². The summed E-state index contributed by atoms with van der Waals surface area (Å²) >= 11 is 0. The summed E-state index contributed by atoms with van der Waals surface area (Å²) in [6, 6.07) is 0. The van der Waals surface area contributed by atoms with Gasteiger partial charge in [-0.3, -0.25) is 27.1 Å². The molecular formula is C6H19O27P7. The predicted molar refractivity (Wildman–Crippen MR) is 112 cm³/mol. The third-order valence-electron chi connectivity index (χ3n) is 3.70. The lowest BCUT2D eigenvalue weighted by molar-refractivity contribution is -0.201. The molecule has 27 nitrogen and oxygen atoms in total. The summed E-state index contributed by atoms with van der Waals surface area (Å²) in [5.41, 5.74) is 0. The van der Waals surface area contributed by atoms with Crippen LogP contribution in [0.5, 0.6) is 0 Å². The van der Waals surface area contributed by atoms with Crippen molar-refractivity contribution in [2.24, 2.45) is 0 Å². The summed E-state index contributed by atoms with van der Waals surface area (Å²) in [7, 11) is -43.3. The molecule has 0 saturated heterocycles. The van der Waals surface area contributed by atoms with E-state index in [1.807, 2.05) is 0 Å². The molecule has 0 spiro atoms. The van der Waals surface area contributed by atoms with Crippen molar-refractivity contribution in [3.05, 3.63) is 0 Å². The Balaban J connectivity index is 4.13. The van der Waals surface area contributed by atoms with Crippen molar-refractivity contribution in [3.8, 4) is 0 Å². The summed E-state index contributed by atoms with van der Waals surface area (Å²) < 4.78 is 109. The van der Waals surface area contributed by atoms with Crippen LogP contribution in [0, 0.1) is 0 Å². The summed E-state index contributed by atoms with van der Waals surface area (Å²) in [6.45, 7) is 0. The molecule has 13 N–H and O–H groups in total. The van der Waals surface area contributed by atoms with E-state index < -0.39 is 91.4 Å². The molecule has 0 aromatic heterocycles. The second kappa shape index (κ2) is 13.0. The summed E-state index contributed by atoms with van der Waals surface area (Å²) in [4.78, 5) is 119.